The molecule has 0 fully saturated rings. The summed E-state index contributed by atoms with van der Waals surface area (Å²) in [6.45, 7) is 1.73. The molecule has 0 atom stereocenters. The molecule has 0 saturated heterocycles. The fourth-order valence-corrected chi connectivity index (χ4v) is 2.47. The maximum atomic E-state index is 12.6. The zero-order chi connectivity index (χ0) is 16.6. The minimum absolute atomic E-state index is 0.0337. The van der Waals surface area contributed by atoms with Crippen molar-refractivity contribution < 1.29 is 23.5 Å². The van der Waals surface area contributed by atoms with E-state index in [-0.39, 0.29) is 22.7 Å². The fourth-order valence-electron chi connectivity index (χ4n) is 2.47. The SMILES string of the molecule is C[B]C1=CC(=O)C(=O)c2c(C(=O)c3ccc(OC)cc3)coc21. The third-order valence-electron chi connectivity index (χ3n) is 3.70. The number of hydrogen-bond acceptors (Lipinski definition) is 5. The molecule has 1 aromatic heterocycles. The Bertz CT molecular complexity index is 842. The number of carbonyl (C=O) groups is 3. The molecule has 6 heteroatoms. The zero-order valence-corrected chi connectivity index (χ0v) is 12.6. The molecule has 0 bridgehead atoms. The minimum Gasteiger partial charge on any atom is -0.497 e. The molecule has 2 aromatic rings. The lowest BCUT2D eigenvalue weighted by Crippen LogP contribution is -2.21. The van der Waals surface area contributed by atoms with Crippen molar-refractivity contribution in [1.82, 2.24) is 0 Å². The highest BCUT2D eigenvalue weighted by molar-refractivity contribution is 6.65. The van der Waals surface area contributed by atoms with E-state index < -0.39 is 11.6 Å². The van der Waals surface area contributed by atoms with Crippen LogP contribution in [0.1, 0.15) is 32.0 Å². The Morgan fingerprint density at radius 1 is 1.17 bits per heavy atom. The molecule has 23 heavy (non-hydrogen) atoms. The van der Waals surface area contributed by atoms with Gasteiger partial charge in [-0.3, -0.25) is 14.4 Å². The number of ketones is 3. The third kappa shape index (κ3) is 2.42. The van der Waals surface area contributed by atoms with Crippen molar-refractivity contribution in [3.8, 4) is 5.75 Å². The first-order valence-corrected chi connectivity index (χ1v) is 6.97. The van der Waals surface area contributed by atoms with Gasteiger partial charge in [0.1, 0.15) is 17.8 Å². The smallest absolute Gasteiger partial charge is 0.237 e. The average Bonchev–Trinajstić information content (AvgIpc) is 3.02. The summed E-state index contributed by atoms with van der Waals surface area (Å²) in [5.41, 5.74) is 1.01. The van der Waals surface area contributed by atoms with Gasteiger partial charge in [0.2, 0.25) is 11.6 Å². The summed E-state index contributed by atoms with van der Waals surface area (Å²) in [7, 11) is 3.19. The van der Waals surface area contributed by atoms with E-state index in [1.54, 1.807) is 38.4 Å². The summed E-state index contributed by atoms with van der Waals surface area (Å²) in [6.07, 6.45) is 2.45. The molecule has 1 heterocycles. The van der Waals surface area contributed by atoms with Crippen molar-refractivity contribution in [2.75, 3.05) is 7.11 Å². The van der Waals surface area contributed by atoms with Gasteiger partial charge < -0.3 is 9.15 Å². The zero-order valence-electron chi connectivity index (χ0n) is 12.6. The normalized spacial score (nSPS) is 13.4. The van der Waals surface area contributed by atoms with Crippen LogP contribution in [0.15, 0.2) is 41.0 Å². The molecular formula is C17H12BO5. The molecule has 0 spiro atoms. The second-order valence-corrected chi connectivity index (χ2v) is 4.99. The standard InChI is InChI=1S/C17H12BO5/c1-18-12-7-13(19)16(21)14-11(8-23-17(12)14)15(20)9-3-5-10(22-2)6-4-9/h3-8H,1-2H3. The maximum Gasteiger partial charge on any atom is 0.237 e. The van der Waals surface area contributed by atoms with Crippen LogP contribution in [-0.4, -0.2) is 31.7 Å². The fraction of sp³-hybridized carbons (Fsp3) is 0.118. The Labute approximate surface area is 133 Å². The first kappa shape index (κ1) is 15.0. The van der Waals surface area contributed by atoms with Crippen LogP contribution in [0, 0.1) is 0 Å². The number of rotatable bonds is 4. The minimum atomic E-state index is -0.726. The van der Waals surface area contributed by atoms with Gasteiger partial charge >= 0.3 is 0 Å². The predicted octanol–water partition coefficient (Wildman–Crippen LogP) is 2.38. The van der Waals surface area contributed by atoms with Crippen LogP contribution in [-0.2, 0) is 4.79 Å². The Morgan fingerprint density at radius 2 is 1.87 bits per heavy atom. The second kappa shape index (κ2) is 5.72. The lowest BCUT2D eigenvalue weighted by Gasteiger charge is -2.10. The summed E-state index contributed by atoms with van der Waals surface area (Å²) in [4.78, 5) is 36.6. The van der Waals surface area contributed by atoms with Crippen molar-refractivity contribution in [3.05, 3.63) is 59.1 Å². The molecule has 113 valence electrons. The number of fused-ring (bicyclic) bond motifs is 1. The van der Waals surface area contributed by atoms with E-state index in [1.165, 1.54) is 19.4 Å². The number of furan rings is 1. The second-order valence-electron chi connectivity index (χ2n) is 4.99. The van der Waals surface area contributed by atoms with Gasteiger partial charge in [-0.2, -0.15) is 0 Å². The van der Waals surface area contributed by atoms with Gasteiger partial charge in [0.15, 0.2) is 13.1 Å². The van der Waals surface area contributed by atoms with E-state index in [0.717, 1.165) is 0 Å². The van der Waals surface area contributed by atoms with Crippen LogP contribution in [0.4, 0.5) is 0 Å². The third-order valence-corrected chi connectivity index (χ3v) is 3.70. The van der Waals surface area contributed by atoms with Crippen molar-refractivity contribution >= 4 is 30.1 Å². The monoisotopic (exact) mass is 307 g/mol. The molecule has 3 rings (SSSR count). The maximum absolute atomic E-state index is 12.6. The van der Waals surface area contributed by atoms with Crippen molar-refractivity contribution in [3.63, 3.8) is 0 Å². The van der Waals surface area contributed by atoms with Crippen LogP contribution in [0.3, 0.4) is 0 Å². The Balaban J connectivity index is 2.07. The lowest BCUT2D eigenvalue weighted by atomic mass is 9.67. The van der Waals surface area contributed by atoms with E-state index in [4.69, 9.17) is 9.15 Å². The van der Waals surface area contributed by atoms with E-state index >= 15 is 0 Å². The van der Waals surface area contributed by atoms with Crippen molar-refractivity contribution in [2.24, 2.45) is 0 Å². The van der Waals surface area contributed by atoms with Gasteiger partial charge in [0, 0.05) is 5.56 Å². The molecule has 1 aliphatic carbocycles. The van der Waals surface area contributed by atoms with Gasteiger partial charge in [-0.1, -0.05) is 6.82 Å². The number of benzene rings is 1. The molecule has 1 aromatic carbocycles. The highest BCUT2D eigenvalue weighted by atomic mass is 16.5. The Hall–Kier alpha value is -2.89. The highest BCUT2D eigenvalue weighted by Gasteiger charge is 2.33. The molecule has 0 saturated carbocycles. The Kier molecular flexibility index (Phi) is 3.74. The summed E-state index contributed by atoms with van der Waals surface area (Å²) in [5, 5.41) is 0. The summed E-state index contributed by atoms with van der Waals surface area (Å²) in [5.74, 6) is -0.884. The molecule has 0 N–H and O–H groups in total. The van der Waals surface area contributed by atoms with Gasteiger partial charge in [-0.05, 0) is 35.8 Å². The topological polar surface area (TPSA) is 73.6 Å². The number of allylic oxidation sites excluding steroid dienone is 1. The quantitative estimate of drug-likeness (QED) is 0.492. The number of ether oxygens (including phenoxy) is 1. The van der Waals surface area contributed by atoms with Gasteiger partial charge in [0.25, 0.3) is 0 Å². The predicted molar refractivity (Wildman–Crippen MR) is 84.1 cm³/mol. The van der Waals surface area contributed by atoms with Gasteiger partial charge in [-0.25, -0.2) is 0 Å². The molecule has 0 amide bonds. The van der Waals surface area contributed by atoms with Gasteiger partial charge in [-0.15, -0.1) is 0 Å². The first-order valence-electron chi connectivity index (χ1n) is 6.97. The van der Waals surface area contributed by atoms with Crippen molar-refractivity contribution in [1.29, 1.82) is 0 Å². The van der Waals surface area contributed by atoms with Crippen LogP contribution in [0.2, 0.25) is 6.82 Å². The van der Waals surface area contributed by atoms with E-state index in [1.807, 2.05) is 0 Å². The summed E-state index contributed by atoms with van der Waals surface area (Å²) >= 11 is 0. The summed E-state index contributed by atoms with van der Waals surface area (Å²) in [6, 6.07) is 6.49. The number of Topliss-reactive ketones (excluding diaryl/α,β-unsaturated/α-hetero) is 1. The molecule has 1 radical (unpaired) electrons. The van der Waals surface area contributed by atoms with E-state index in [0.29, 0.717) is 16.8 Å². The number of hydrogen-bond donors (Lipinski definition) is 0. The summed E-state index contributed by atoms with van der Waals surface area (Å²) < 4.78 is 10.4. The van der Waals surface area contributed by atoms with Crippen LogP contribution < -0.4 is 4.74 Å². The molecule has 5 nitrogen and oxygen atoms in total. The lowest BCUT2D eigenvalue weighted by molar-refractivity contribution is -0.111. The molecule has 1 aliphatic rings. The van der Waals surface area contributed by atoms with Crippen LogP contribution in [0.5, 0.6) is 5.75 Å². The molecule has 0 aliphatic heterocycles. The number of methoxy groups -OCH3 is 1. The van der Waals surface area contributed by atoms with Crippen LogP contribution >= 0.6 is 0 Å². The van der Waals surface area contributed by atoms with Gasteiger partial charge in [0.05, 0.1) is 18.2 Å². The van der Waals surface area contributed by atoms with Crippen molar-refractivity contribution in [2.45, 2.75) is 6.82 Å². The van der Waals surface area contributed by atoms with E-state index in [2.05, 4.69) is 0 Å². The Morgan fingerprint density at radius 3 is 2.48 bits per heavy atom. The van der Waals surface area contributed by atoms with E-state index in [9.17, 15) is 14.4 Å². The first-order chi connectivity index (χ1) is 11.1. The molecule has 0 unspecified atom stereocenters. The largest absolute Gasteiger partial charge is 0.497 e. The van der Waals surface area contributed by atoms with Crippen LogP contribution in [0.25, 0.3) is 5.47 Å². The molecular weight excluding hydrogens is 295 g/mol. The highest BCUT2D eigenvalue weighted by Crippen LogP contribution is 2.30. The average molecular weight is 307 g/mol. The number of carbonyl (C=O) groups excluding carboxylic acids is 3.